The summed E-state index contributed by atoms with van der Waals surface area (Å²) in [6.45, 7) is 1.72. The highest BCUT2D eigenvalue weighted by Gasteiger charge is 2.22. The number of hydrogen-bond donors (Lipinski definition) is 2. The summed E-state index contributed by atoms with van der Waals surface area (Å²) in [7, 11) is 3.10. The molecule has 2 heterocycles. The number of amides is 1. The molecule has 3 N–H and O–H groups in total. The van der Waals surface area contributed by atoms with E-state index in [2.05, 4.69) is 5.32 Å². The van der Waals surface area contributed by atoms with Crippen LogP contribution in [0.3, 0.4) is 0 Å². The topological polar surface area (TPSA) is 118 Å². The number of rotatable bonds is 8. The number of primary amides is 1. The zero-order valence-corrected chi connectivity index (χ0v) is 19.5. The molecule has 0 bridgehead atoms. The van der Waals surface area contributed by atoms with Crippen molar-refractivity contribution < 1.29 is 14.3 Å². The zero-order chi connectivity index (χ0) is 24.2. The minimum absolute atomic E-state index is 0.00928. The van der Waals surface area contributed by atoms with Crippen molar-refractivity contribution in [3.8, 4) is 11.5 Å². The molecule has 1 aromatic heterocycles. The predicted molar refractivity (Wildman–Crippen MR) is 130 cm³/mol. The van der Waals surface area contributed by atoms with E-state index >= 15 is 0 Å². The smallest absolute Gasteiger partial charge is 0.332 e. The van der Waals surface area contributed by atoms with E-state index in [0.29, 0.717) is 28.8 Å². The molecule has 0 aliphatic carbocycles. The Labute approximate surface area is 197 Å². The quantitative estimate of drug-likeness (QED) is 0.520. The number of nitrogens with two attached hydrogens (primary N) is 1. The van der Waals surface area contributed by atoms with Gasteiger partial charge in [0.2, 0.25) is 5.91 Å². The number of nitrogens with one attached hydrogen (secondary N) is 1. The zero-order valence-electron chi connectivity index (χ0n) is 19.5. The number of aromatic nitrogens is 2. The van der Waals surface area contributed by atoms with Gasteiger partial charge < -0.3 is 20.5 Å². The van der Waals surface area contributed by atoms with Crippen molar-refractivity contribution in [2.75, 3.05) is 27.3 Å². The van der Waals surface area contributed by atoms with Gasteiger partial charge in [-0.25, -0.2) is 4.79 Å². The molecule has 1 saturated heterocycles. The fourth-order valence-electron chi connectivity index (χ4n) is 4.57. The van der Waals surface area contributed by atoms with Crippen molar-refractivity contribution in [2.24, 2.45) is 5.73 Å². The van der Waals surface area contributed by atoms with Crippen LogP contribution in [0.25, 0.3) is 10.9 Å². The number of hydrogen-bond acceptors (Lipinski definition) is 6. The molecular formula is C25H30N4O5. The molecule has 1 amide bonds. The molecule has 3 aromatic rings. The van der Waals surface area contributed by atoms with Crippen LogP contribution in [0.2, 0.25) is 0 Å². The molecule has 0 atom stereocenters. The second-order valence-corrected chi connectivity index (χ2v) is 8.53. The Morgan fingerprint density at radius 2 is 1.74 bits per heavy atom. The molecule has 1 aliphatic heterocycles. The molecule has 0 spiro atoms. The molecule has 0 unspecified atom stereocenters. The van der Waals surface area contributed by atoms with E-state index in [1.165, 1.54) is 4.57 Å². The second-order valence-electron chi connectivity index (χ2n) is 8.53. The maximum absolute atomic E-state index is 13.7. The van der Waals surface area contributed by atoms with E-state index in [4.69, 9.17) is 15.2 Å². The Hall–Kier alpha value is -3.59. The van der Waals surface area contributed by atoms with Crippen molar-refractivity contribution in [2.45, 2.75) is 38.3 Å². The van der Waals surface area contributed by atoms with Crippen molar-refractivity contribution in [1.29, 1.82) is 0 Å². The van der Waals surface area contributed by atoms with Crippen LogP contribution in [0.15, 0.2) is 46.0 Å². The minimum atomic E-state index is -0.398. The lowest BCUT2D eigenvalue weighted by molar-refractivity contribution is -0.117. The summed E-state index contributed by atoms with van der Waals surface area (Å²) in [5.74, 6) is 0.704. The molecule has 1 aliphatic rings. The van der Waals surface area contributed by atoms with Crippen molar-refractivity contribution in [3.05, 3.63) is 68.4 Å². The second kappa shape index (κ2) is 10.1. The van der Waals surface area contributed by atoms with E-state index in [0.717, 1.165) is 37.1 Å². The first-order valence-electron chi connectivity index (χ1n) is 11.4. The van der Waals surface area contributed by atoms with E-state index < -0.39 is 5.91 Å². The molecule has 1 fully saturated rings. The summed E-state index contributed by atoms with van der Waals surface area (Å²) >= 11 is 0. The third-order valence-electron chi connectivity index (χ3n) is 6.36. The number of aryl methyl sites for hydroxylation is 1. The summed E-state index contributed by atoms with van der Waals surface area (Å²) in [4.78, 5) is 38.5. The van der Waals surface area contributed by atoms with Gasteiger partial charge in [-0.05, 0) is 67.7 Å². The molecule has 4 rings (SSSR count). The molecule has 180 valence electrons. The summed E-state index contributed by atoms with van der Waals surface area (Å²) in [6, 6.07) is 10.8. The van der Waals surface area contributed by atoms with Crippen LogP contribution < -0.4 is 31.8 Å². The van der Waals surface area contributed by atoms with Crippen LogP contribution >= 0.6 is 0 Å². The van der Waals surface area contributed by atoms with Gasteiger partial charge in [0.1, 0.15) is 0 Å². The van der Waals surface area contributed by atoms with Crippen LogP contribution in [0.5, 0.6) is 11.5 Å². The average molecular weight is 467 g/mol. The van der Waals surface area contributed by atoms with Crippen LogP contribution in [0, 0.1) is 0 Å². The minimum Gasteiger partial charge on any atom is -0.493 e. The Morgan fingerprint density at radius 3 is 2.41 bits per heavy atom. The summed E-state index contributed by atoms with van der Waals surface area (Å²) < 4.78 is 13.7. The number of fused-ring (bicyclic) bond motifs is 1. The van der Waals surface area contributed by atoms with Gasteiger partial charge in [-0.15, -0.1) is 0 Å². The Balaban J connectivity index is 1.87. The monoisotopic (exact) mass is 466 g/mol. The summed E-state index contributed by atoms with van der Waals surface area (Å²) in [6.07, 6.45) is 2.23. The molecule has 9 nitrogen and oxygen atoms in total. The lowest BCUT2D eigenvalue weighted by atomic mass is 10.0. The molecule has 9 heteroatoms. The first kappa shape index (κ1) is 23.6. The van der Waals surface area contributed by atoms with Crippen molar-refractivity contribution in [3.63, 3.8) is 0 Å². The lowest BCUT2D eigenvalue weighted by Gasteiger charge is -2.27. The van der Waals surface area contributed by atoms with Gasteiger partial charge in [0, 0.05) is 12.5 Å². The number of carbonyl (C=O) groups is 1. The van der Waals surface area contributed by atoms with Crippen molar-refractivity contribution in [1.82, 2.24) is 14.5 Å². The highest BCUT2D eigenvalue weighted by molar-refractivity contribution is 5.79. The molecular weight excluding hydrogens is 436 g/mol. The van der Waals surface area contributed by atoms with Crippen molar-refractivity contribution >= 4 is 16.8 Å². The maximum atomic E-state index is 13.7. The third kappa shape index (κ3) is 4.70. The fraction of sp³-hybridized carbons (Fsp3) is 0.400. The highest BCUT2D eigenvalue weighted by Crippen LogP contribution is 2.28. The largest absolute Gasteiger partial charge is 0.493 e. The average Bonchev–Trinajstić information content (AvgIpc) is 2.86. The van der Waals surface area contributed by atoms with Gasteiger partial charge in [0.15, 0.2) is 11.5 Å². The van der Waals surface area contributed by atoms with Gasteiger partial charge in [-0.2, -0.15) is 0 Å². The molecule has 2 aromatic carbocycles. The normalized spacial score (nSPS) is 14.3. The number of methoxy groups -OCH3 is 2. The molecule has 0 saturated carbocycles. The standard InChI is InChI=1S/C25H30N4O5/c1-33-21-7-4-17(14-22(21)34-2)15-28-24(31)19-13-16(5-8-23(26)30)3-6-20(19)29(25(28)32)18-9-11-27-12-10-18/h3-4,6-7,13-14,18,27H,5,8-12,15H2,1-2H3,(H2,26,30). The first-order chi connectivity index (χ1) is 16.4. The summed E-state index contributed by atoms with van der Waals surface area (Å²) in [5, 5.41) is 3.78. The van der Waals surface area contributed by atoms with Gasteiger partial charge in [0.05, 0.1) is 31.7 Å². The Bertz CT molecular complexity index is 1320. The maximum Gasteiger partial charge on any atom is 0.332 e. The Morgan fingerprint density at radius 1 is 1.03 bits per heavy atom. The van der Waals surface area contributed by atoms with Crippen LogP contribution in [-0.2, 0) is 17.8 Å². The predicted octanol–water partition coefficient (Wildman–Crippen LogP) is 1.57. The number of nitrogens with zero attached hydrogens (tertiary/aromatic N) is 2. The highest BCUT2D eigenvalue weighted by atomic mass is 16.5. The van der Waals surface area contributed by atoms with E-state index in [1.807, 2.05) is 18.2 Å². The lowest BCUT2D eigenvalue weighted by Crippen LogP contribution is -2.43. The number of benzene rings is 2. The fourth-order valence-corrected chi connectivity index (χ4v) is 4.57. The van der Waals surface area contributed by atoms with Gasteiger partial charge >= 0.3 is 5.69 Å². The third-order valence-corrected chi connectivity index (χ3v) is 6.36. The summed E-state index contributed by atoms with van der Waals surface area (Å²) in [5.41, 5.74) is 6.81. The van der Waals surface area contributed by atoms with E-state index in [-0.39, 0.29) is 30.3 Å². The molecule has 0 radical (unpaired) electrons. The van der Waals surface area contributed by atoms with E-state index in [1.54, 1.807) is 37.0 Å². The molecule has 34 heavy (non-hydrogen) atoms. The van der Waals surface area contributed by atoms with Gasteiger partial charge in [-0.3, -0.25) is 18.7 Å². The van der Waals surface area contributed by atoms with Gasteiger partial charge in [-0.1, -0.05) is 12.1 Å². The number of carbonyl (C=O) groups excluding carboxylic acids is 1. The first-order valence-corrected chi connectivity index (χ1v) is 11.4. The SMILES string of the molecule is COc1ccc(Cn2c(=O)c3cc(CCC(N)=O)ccc3n(C3CCNCC3)c2=O)cc1OC. The Kier molecular flexibility index (Phi) is 7.02. The van der Waals surface area contributed by atoms with Crippen LogP contribution in [0.4, 0.5) is 0 Å². The van der Waals surface area contributed by atoms with Crippen LogP contribution in [0.1, 0.15) is 36.4 Å². The van der Waals surface area contributed by atoms with Gasteiger partial charge in [0.25, 0.3) is 5.56 Å². The van der Waals surface area contributed by atoms with Crippen LogP contribution in [-0.4, -0.2) is 42.4 Å². The number of piperidine rings is 1. The number of ether oxygens (including phenoxy) is 2. The van der Waals surface area contributed by atoms with E-state index in [9.17, 15) is 14.4 Å².